The molecule has 3 N–H and O–H groups in total. The molecule has 2 nitrogen and oxygen atoms in total. The second-order valence-corrected chi connectivity index (χ2v) is 5.03. The normalized spacial score (nSPS) is 17.8. The third-order valence-corrected chi connectivity index (χ3v) is 2.86. The van der Waals surface area contributed by atoms with E-state index in [1.807, 2.05) is 0 Å². The lowest BCUT2D eigenvalue weighted by atomic mass is 9.84. The lowest BCUT2D eigenvalue weighted by molar-refractivity contribution is 0.302. The molecule has 2 heteroatoms. The first kappa shape index (κ1) is 11.0. The molecule has 1 aliphatic rings. The molecule has 13 heavy (non-hydrogen) atoms. The van der Waals surface area contributed by atoms with Crippen molar-refractivity contribution in [2.24, 2.45) is 11.1 Å². The SMILES string of the molecule is CC(C)(CCN)CCCNC1CC1. The minimum absolute atomic E-state index is 0.444. The highest BCUT2D eigenvalue weighted by Gasteiger charge is 2.20. The van der Waals surface area contributed by atoms with Gasteiger partial charge >= 0.3 is 0 Å². The Labute approximate surface area is 82.3 Å². The quantitative estimate of drug-likeness (QED) is 0.593. The van der Waals surface area contributed by atoms with Gasteiger partial charge in [-0.05, 0) is 50.6 Å². The molecule has 0 aromatic heterocycles. The molecule has 0 unspecified atom stereocenters. The van der Waals surface area contributed by atoms with Crippen molar-refractivity contribution in [3.05, 3.63) is 0 Å². The molecule has 1 fully saturated rings. The van der Waals surface area contributed by atoms with Gasteiger partial charge in [-0.3, -0.25) is 0 Å². The molecule has 78 valence electrons. The van der Waals surface area contributed by atoms with E-state index in [-0.39, 0.29) is 0 Å². The Bertz CT molecular complexity index is 139. The van der Waals surface area contributed by atoms with Crippen molar-refractivity contribution in [1.29, 1.82) is 0 Å². The van der Waals surface area contributed by atoms with E-state index in [1.54, 1.807) is 0 Å². The van der Waals surface area contributed by atoms with Crippen LogP contribution < -0.4 is 11.1 Å². The summed E-state index contributed by atoms with van der Waals surface area (Å²) in [4.78, 5) is 0. The molecule has 0 amide bonds. The summed E-state index contributed by atoms with van der Waals surface area (Å²) < 4.78 is 0. The lowest BCUT2D eigenvalue weighted by Gasteiger charge is -2.23. The highest BCUT2D eigenvalue weighted by molar-refractivity contribution is 4.81. The Kier molecular flexibility index (Phi) is 4.20. The number of rotatable bonds is 7. The average Bonchev–Trinajstić information content (AvgIpc) is 2.81. The third-order valence-electron chi connectivity index (χ3n) is 2.86. The van der Waals surface area contributed by atoms with Crippen LogP contribution in [0.15, 0.2) is 0 Å². The number of hydrogen-bond donors (Lipinski definition) is 2. The highest BCUT2D eigenvalue weighted by Crippen LogP contribution is 2.26. The van der Waals surface area contributed by atoms with Gasteiger partial charge in [-0.1, -0.05) is 13.8 Å². The molecule has 1 aliphatic carbocycles. The fraction of sp³-hybridized carbons (Fsp3) is 1.00. The highest BCUT2D eigenvalue weighted by atomic mass is 14.9. The van der Waals surface area contributed by atoms with Crippen molar-refractivity contribution < 1.29 is 0 Å². The zero-order chi connectivity index (χ0) is 9.73. The standard InChI is InChI=1S/C11H24N2/c1-11(2,7-8-12)6-3-9-13-10-4-5-10/h10,13H,3-9,12H2,1-2H3. The second-order valence-electron chi connectivity index (χ2n) is 5.03. The van der Waals surface area contributed by atoms with E-state index < -0.39 is 0 Å². The first-order valence-corrected chi connectivity index (χ1v) is 5.57. The van der Waals surface area contributed by atoms with Gasteiger partial charge in [0, 0.05) is 6.04 Å². The summed E-state index contributed by atoms with van der Waals surface area (Å²) in [5.41, 5.74) is 6.01. The Morgan fingerprint density at radius 2 is 2.00 bits per heavy atom. The van der Waals surface area contributed by atoms with Crippen LogP contribution in [0.2, 0.25) is 0 Å². The van der Waals surface area contributed by atoms with E-state index in [2.05, 4.69) is 19.2 Å². The lowest BCUT2D eigenvalue weighted by Crippen LogP contribution is -2.22. The van der Waals surface area contributed by atoms with Gasteiger partial charge in [-0.2, -0.15) is 0 Å². The summed E-state index contributed by atoms with van der Waals surface area (Å²) in [6.07, 6.45) is 6.53. The summed E-state index contributed by atoms with van der Waals surface area (Å²) in [5, 5.41) is 3.54. The summed E-state index contributed by atoms with van der Waals surface area (Å²) in [6, 6.07) is 0.859. The second kappa shape index (κ2) is 4.97. The fourth-order valence-corrected chi connectivity index (χ4v) is 1.68. The molecule has 0 heterocycles. The molecule has 0 spiro atoms. The number of nitrogens with one attached hydrogen (secondary N) is 1. The van der Waals surface area contributed by atoms with Crippen LogP contribution in [-0.4, -0.2) is 19.1 Å². The fourth-order valence-electron chi connectivity index (χ4n) is 1.68. The van der Waals surface area contributed by atoms with Crippen molar-refractivity contribution >= 4 is 0 Å². The van der Waals surface area contributed by atoms with Gasteiger partial charge in [-0.25, -0.2) is 0 Å². The van der Waals surface area contributed by atoms with Crippen LogP contribution in [0.3, 0.4) is 0 Å². The van der Waals surface area contributed by atoms with Crippen molar-refractivity contribution in [1.82, 2.24) is 5.32 Å². The van der Waals surface area contributed by atoms with Gasteiger partial charge in [0.05, 0.1) is 0 Å². The summed E-state index contributed by atoms with van der Waals surface area (Å²) in [6.45, 7) is 6.65. The van der Waals surface area contributed by atoms with Gasteiger partial charge < -0.3 is 11.1 Å². The maximum Gasteiger partial charge on any atom is 0.00682 e. The van der Waals surface area contributed by atoms with E-state index in [1.165, 1.54) is 32.2 Å². The minimum atomic E-state index is 0.444. The number of nitrogens with two attached hydrogens (primary N) is 1. The average molecular weight is 184 g/mol. The maximum atomic E-state index is 5.56. The van der Waals surface area contributed by atoms with Gasteiger partial charge in [0.25, 0.3) is 0 Å². The summed E-state index contributed by atoms with van der Waals surface area (Å²) in [7, 11) is 0. The topological polar surface area (TPSA) is 38.0 Å². The van der Waals surface area contributed by atoms with E-state index >= 15 is 0 Å². The molecule has 0 saturated heterocycles. The molecule has 0 atom stereocenters. The first-order chi connectivity index (χ1) is 6.14. The Balaban J connectivity index is 1.95. The van der Waals surface area contributed by atoms with Crippen LogP contribution in [0.1, 0.15) is 46.0 Å². The summed E-state index contributed by atoms with van der Waals surface area (Å²) >= 11 is 0. The Hall–Kier alpha value is -0.0800. The summed E-state index contributed by atoms with van der Waals surface area (Å²) in [5.74, 6) is 0. The van der Waals surface area contributed by atoms with Crippen LogP contribution in [-0.2, 0) is 0 Å². The molecule has 1 saturated carbocycles. The smallest absolute Gasteiger partial charge is 0.00682 e. The largest absolute Gasteiger partial charge is 0.330 e. The monoisotopic (exact) mass is 184 g/mol. The van der Waals surface area contributed by atoms with Gasteiger partial charge in [0.2, 0.25) is 0 Å². The molecular weight excluding hydrogens is 160 g/mol. The van der Waals surface area contributed by atoms with Gasteiger partial charge in [0.15, 0.2) is 0 Å². The Morgan fingerprint density at radius 3 is 2.54 bits per heavy atom. The van der Waals surface area contributed by atoms with E-state index in [9.17, 15) is 0 Å². The molecule has 0 bridgehead atoms. The Morgan fingerprint density at radius 1 is 1.31 bits per heavy atom. The van der Waals surface area contributed by atoms with Crippen LogP contribution >= 0.6 is 0 Å². The predicted molar refractivity (Wildman–Crippen MR) is 57.7 cm³/mol. The maximum absolute atomic E-state index is 5.56. The van der Waals surface area contributed by atoms with Crippen molar-refractivity contribution in [3.63, 3.8) is 0 Å². The van der Waals surface area contributed by atoms with Crippen molar-refractivity contribution in [3.8, 4) is 0 Å². The minimum Gasteiger partial charge on any atom is -0.330 e. The van der Waals surface area contributed by atoms with Gasteiger partial charge in [-0.15, -0.1) is 0 Å². The van der Waals surface area contributed by atoms with E-state index in [0.29, 0.717) is 5.41 Å². The molecule has 1 rings (SSSR count). The molecule has 0 radical (unpaired) electrons. The zero-order valence-corrected chi connectivity index (χ0v) is 9.10. The first-order valence-electron chi connectivity index (χ1n) is 5.57. The molecular formula is C11H24N2. The molecule has 0 aliphatic heterocycles. The van der Waals surface area contributed by atoms with Crippen molar-refractivity contribution in [2.45, 2.75) is 52.0 Å². The molecule has 0 aromatic rings. The van der Waals surface area contributed by atoms with E-state index in [4.69, 9.17) is 5.73 Å². The van der Waals surface area contributed by atoms with Crippen LogP contribution in [0, 0.1) is 5.41 Å². The van der Waals surface area contributed by atoms with Gasteiger partial charge in [0.1, 0.15) is 0 Å². The predicted octanol–water partition coefficient (Wildman–Crippen LogP) is 1.89. The number of hydrogen-bond acceptors (Lipinski definition) is 2. The van der Waals surface area contributed by atoms with Crippen LogP contribution in [0.25, 0.3) is 0 Å². The van der Waals surface area contributed by atoms with E-state index in [0.717, 1.165) is 19.0 Å². The third kappa shape index (κ3) is 5.27. The van der Waals surface area contributed by atoms with Crippen LogP contribution in [0.4, 0.5) is 0 Å². The molecule has 0 aromatic carbocycles. The van der Waals surface area contributed by atoms with Crippen molar-refractivity contribution in [2.75, 3.05) is 13.1 Å². The van der Waals surface area contributed by atoms with Crippen LogP contribution in [0.5, 0.6) is 0 Å². The zero-order valence-electron chi connectivity index (χ0n) is 9.10.